The molecule has 3 rings (SSSR count). The highest BCUT2D eigenvalue weighted by Gasteiger charge is 2.18. The number of benzene rings is 2. The Morgan fingerprint density at radius 2 is 1.57 bits per heavy atom. The molecule has 9 heteroatoms. The molecule has 0 fully saturated rings. The van der Waals surface area contributed by atoms with E-state index in [2.05, 4.69) is 26.1 Å². The van der Waals surface area contributed by atoms with Crippen LogP contribution in [0, 0.1) is 0 Å². The van der Waals surface area contributed by atoms with E-state index in [9.17, 15) is 0 Å². The van der Waals surface area contributed by atoms with E-state index >= 15 is 0 Å². The van der Waals surface area contributed by atoms with Crippen molar-refractivity contribution in [3.05, 3.63) is 40.4 Å². The van der Waals surface area contributed by atoms with Crippen LogP contribution in [0.2, 0.25) is 0 Å². The first-order chi connectivity index (χ1) is 13.6. The minimum Gasteiger partial charge on any atom is -0.496 e. The van der Waals surface area contributed by atoms with Gasteiger partial charge >= 0.3 is 0 Å². The van der Waals surface area contributed by atoms with Crippen LogP contribution in [0.4, 0.5) is 0 Å². The second-order valence-corrected chi connectivity index (χ2v) is 7.37. The molecule has 1 heterocycles. The summed E-state index contributed by atoms with van der Waals surface area (Å²) in [6, 6.07) is 9.38. The topological polar surface area (TPSA) is 75.8 Å². The van der Waals surface area contributed by atoms with Gasteiger partial charge in [0.25, 0.3) is 5.22 Å². The van der Waals surface area contributed by atoms with Crippen LogP contribution < -0.4 is 18.9 Å². The number of thioether (sulfide) groups is 1. The lowest BCUT2D eigenvalue weighted by atomic mass is 10.2. The van der Waals surface area contributed by atoms with Crippen molar-refractivity contribution in [1.29, 1.82) is 0 Å². The van der Waals surface area contributed by atoms with Crippen LogP contribution in [0.1, 0.15) is 5.56 Å². The Labute approximate surface area is 175 Å². The monoisotopic (exact) mass is 466 g/mol. The fourth-order valence-electron chi connectivity index (χ4n) is 2.59. The largest absolute Gasteiger partial charge is 0.496 e. The molecule has 0 aliphatic carbocycles. The van der Waals surface area contributed by atoms with Crippen LogP contribution in [-0.4, -0.2) is 38.6 Å². The van der Waals surface area contributed by atoms with Crippen molar-refractivity contribution < 1.29 is 23.4 Å². The number of aromatic nitrogens is 2. The number of hydrogen-bond acceptors (Lipinski definition) is 8. The number of rotatable bonds is 8. The SMILES string of the molecule is COc1ccc(Br)cc1CSc1nnc(-c2cc(OC)c(OC)c(OC)c2)o1. The van der Waals surface area contributed by atoms with Crippen LogP contribution in [-0.2, 0) is 5.75 Å². The summed E-state index contributed by atoms with van der Waals surface area (Å²) >= 11 is 4.90. The molecule has 1 aromatic heterocycles. The molecule has 3 aromatic rings. The van der Waals surface area contributed by atoms with Gasteiger partial charge < -0.3 is 23.4 Å². The molecule has 0 aliphatic rings. The first-order valence-electron chi connectivity index (χ1n) is 8.18. The van der Waals surface area contributed by atoms with Crippen molar-refractivity contribution in [3.8, 4) is 34.5 Å². The van der Waals surface area contributed by atoms with Crippen molar-refractivity contribution in [2.75, 3.05) is 28.4 Å². The van der Waals surface area contributed by atoms with E-state index in [0.29, 0.717) is 39.7 Å². The second kappa shape index (κ2) is 9.20. The molecule has 0 atom stereocenters. The second-order valence-electron chi connectivity index (χ2n) is 5.53. The Kier molecular flexibility index (Phi) is 6.69. The predicted molar refractivity (Wildman–Crippen MR) is 110 cm³/mol. The average molecular weight is 467 g/mol. The zero-order valence-electron chi connectivity index (χ0n) is 15.8. The van der Waals surface area contributed by atoms with E-state index in [1.807, 2.05) is 18.2 Å². The summed E-state index contributed by atoms with van der Waals surface area (Å²) < 4.78 is 28.3. The average Bonchev–Trinajstić information content (AvgIpc) is 3.20. The molecular formula is C19H19BrN2O5S. The van der Waals surface area contributed by atoms with E-state index < -0.39 is 0 Å². The summed E-state index contributed by atoms with van der Waals surface area (Å²) in [5.74, 6) is 3.33. The summed E-state index contributed by atoms with van der Waals surface area (Å²) in [7, 11) is 6.31. The summed E-state index contributed by atoms with van der Waals surface area (Å²) in [5.41, 5.74) is 1.70. The lowest BCUT2D eigenvalue weighted by Crippen LogP contribution is -1.95. The van der Waals surface area contributed by atoms with E-state index in [-0.39, 0.29) is 0 Å². The van der Waals surface area contributed by atoms with Gasteiger partial charge in [0.2, 0.25) is 11.6 Å². The number of hydrogen-bond donors (Lipinski definition) is 0. The molecule has 28 heavy (non-hydrogen) atoms. The van der Waals surface area contributed by atoms with Gasteiger partial charge in [-0.15, -0.1) is 10.2 Å². The van der Waals surface area contributed by atoms with Crippen molar-refractivity contribution in [2.45, 2.75) is 11.0 Å². The van der Waals surface area contributed by atoms with Crippen LogP contribution in [0.5, 0.6) is 23.0 Å². The van der Waals surface area contributed by atoms with Crippen molar-refractivity contribution in [3.63, 3.8) is 0 Å². The molecule has 0 bridgehead atoms. The molecule has 0 N–H and O–H groups in total. The van der Waals surface area contributed by atoms with Crippen LogP contribution in [0.3, 0.4) is 0 Å². The standard InChI is InChI=1S/C19H19BrN2O5S/c1-23-14-6-5-13(20)7-12(14)10-28-19-22-21-18(27-19)11-8-15(24-2)17(26-4)16(9-11)25-3/h5-9H,10H2,1-4H3. The molecular weight excluding hydrogens is 448 g/mol. The molecule has 7 nitrogen and oxygen atoms in total. The maximum Gasteiger partial charge on any atom is 0.277 e. The van der Waals surface area contributed by atoms with Gasteiger partial charge in [-0.25, -0.2) is 0 Å². The first kappa shape index (κ1) is 20.3. The Balaban J connectivity index is 1.82. The maximum absolute atomic E-state index is 5.80. The first-order valence-corrected chi connectivity index (χ1v) is 9.96. The molecule has 0 saturated heterocycles. The van der Waals surface area contributed by atoms with Gasteiger partial charge in [-0.05, 0) is 30.3 Å². The van der Waals surface area contributed by atoms with Crippen LogP contribution >= 0.6 is 27.7 Å². The molecule has 148 valence electrons. The third-order valence-corrected chi connectivity index (χ3v) is 5.27. The highest BCUT2D eigenvalue weighted by molar-refractivity contribution is 9.10. The number of methoxy groups -OCH3 is 4. The normalized spacial score (nSPS) is 10.6. The van der Waals surface area contributed by atoms with E-state index in [4.69, 9.17) is 23.4 Å². The molecule has 0 unspecified atom stereocenters. The number of ether oxygens (including phenoxy) is 4. The lowest BCUT2D eigenvalue weighted by Gasteiger charge is -2.12. The fourth-order valence-corrected chi connectivity index (χ4v) is 3.74. The van der Waals surface area contributed by atoms with Gasteiger partial charge in [0, 0.05) is 21.4 Å². The molecule has 0 aliphatic heterocycles. The summed E-state index contributed by atoms with van der Waals surface area (Å²) in [6.07, 6.45) is 0. The third kappa shape index (κ3) is 4.36. The van der Waals surface area contributed by atoms with Gasteiger partial charge in [0.05, 0.1) is 28.4 Å². The highest BCUT2D eigenvalue weighted by Crippen LogP contribution is 2.41. The summed E-state index contributed by atoms with van der Waals surface area (Å²) in [5, 5.41) is 8.71. The number of nitrogens with zero attached hydrogens (tertiary/aromatic N) is 2. The molecule has 0 amide bonds. The zero-order valence-corrected chi connectivity index (χ0v) is 18.2. The smallest absolute Gasteiger partial charge is 0.277 e. The quantitative estimate of drug-likeness (QED) is 0.437. The molecule has 0 saturated carbocycles. The minimum absolute atomic E-state index is 0.364. The third-order valence-electron chi connectivity index (χ3n) is 3.91. The van der Waals surface area contributed by atoms with Gasteiger partial charge in [0.1, 0.15) is 5.75 Å². The van der Waals surface area contributed by atoms with Crippen LogP contribution in [0.15, 0.2) is 44.4 Å². The van der Waals surface area contributed by atoms with Gasteiger partial charge in [-0.3, -0.25) is 0 Å². The Morgan fingerprint density at radius 3 is 2.18 bits per heavy atom. The Bertz CT molecular complexity index is 938. The molecule has 0 radical (unpaired) electrons. The maximum atomic E-state index is 5.80. The summed E-state index contributed by atoms with van der Waals surface area (Å²) in [4.78, 5) is 0. The van der Waals surface area contributed by atoms with Gasteiger partial charge in [0.15, 0.2) is 11.5 Å². The molecule has 0 spiro atoms. The van der Waals surface area contributed by atoms with Crippen molar-refractivity contribution in [1.82, 2.24) is 10.2 Å². The highest BCUT2D eigenvalue weighted by atomic mass is 79.9. The van der Waals surface area contributed by atoms with E-state index in [0.717, 1.165) is 15.8 Å². The van der Waals surface area contributed by atoms with Crippen molar-refractivity contribution in [2.24, 2.45) is 0 Å². The zero-order chi connectivity index (χ0) is 20.1. The van der Waals surface area contributed by atoms with E-state index in [1.165, 1.54) is 11.8 Å². The predicted octanol–water partition coefficient (Wildman–Crippen LogP) is 4.83. The van der Waals surface area contributed by atoms with E-state index in [1.54, 1.807) is 40.6 Å². The van der Waals surface area contributed by atoms with Gasteiger partial charge in [-0.2, -0.15) is 0 Å². The van der Waals surface area contributed by atoms with Crippen molar-refractivity contribution >= 4 is 27.7 Å². The Morgan fingerprint density at radius 1 is 0.893 bits per heavy atom. The lowest BCUT2D eigenvalue weighted by molar-refractivity contribution is 0.324. The number of halogens is 1. The Hall–Kier alpha value is -2.39. The fraction of sp³-hybridized carbons (Fsp3) is 0.263. The minimum atomic E-state index is 0.364. The molecule has 2 aromatic carbocycles. The van der Waals surface area contributed by atoms with Crippen LogP contribution in [0.25, 0.3) is 11.5 Å². The summed E-state index contributed by atoms with van der Waals surface area (Å²) in [6.45, 7) is 0. The van der Waals surface area contributed by atoms with Gasteiger partial charge in [-0.1, -0.05) is 27.7 Å².